The maximum Gasteiger partial charge on any atom is 0.318 e. The van der Waals surface area contributed by atoms with Crippen LogP contribution >= 0.6 is 24.0 Å². The molecule has 2 aromatic carbocycles. The minimum absolute atomic E-state index is 0.121. The third kappa shape index (κ3) is 5.56. The number of thioether (sulfide) groups is 1. The summed E-state index contributed by atoms with van der Waals surface area (Å²) < 4.78 is 11.7. The highest BCUT2D eigenvalue weighted by Crippen LogP contribution is 2.60. The van der Waals surface area contributed by atoms with E-state index in [2.05, 4.69) is 5.43 Å². The van der Waals surface area contributed by atoms with Gasteiger partial charge in [0.05, 0.1) is 32.8 Å². The molecule has 1 saturated heterocycles. The topological polar surface area (TPSA) is 154 Å². The van der Waals surface area contributed by atoms with Gasteiger partial charge in [-0.1, -0.05) is 17.8 Å². The van der Waals surface area contributed by atoms with Crippen LogP contribution in [0, 0.1) is 43.4 Å². The summed E-state index contributed by atoms with van der Waals surface area (Å²) in [5.74, 6) is 1.40. The fraction of sp³-hybridized carbons (Fsp3) is 0.414. The molecule has 0 radical (unpaired) electrons. The Labute approximate surface area is 256 Å². The van der Waals surface area contributed by atoms with E-state index in [1.807, 2.05) is 0 Å². The van der Waals surface area contributed by atoms with Gasteiger partial charge in [-0.25, -0.2) is 0 Å². The van der Waals surface area contributed by atoms with E-state index in [0.717, 1.165) is 49.2 Å². The molecule has 0 unspecified atom stereocenters. The Balaban J connectivity index is 1.20. The fourth-order valence-corrected chi connectivity index (χ4v) is 8.44. The van der Waals surface area contributed by atoms with Crippen LogP contribution in [0.3, 0.4) is 0 Å². The molecule has 4 aliphatic carbocycles. The van der Waals surface area contributed by atoms with Crippen LogP contribution in [0.4, 0.5) is 11.4 Å². The zero-order valence-electron chi connectivity index (χ0n) is 23.1. The molecule has 43 heavy (non-hydrogen) atoms. The standard InChI is InChI=1S/C29H28N4O8S2/c1-2-40-24-10-16(3-5-23(24)41-22-6-4-20(32(36)37)12-21(22)33(38)39)11-25-26(34)31(28(42)43-25)30-27(35)29-13-17-7-18(14-29)9-19(8-17)15-29/h3-6,10-12,17-19H,2,7-9,13-15H2,1H3,(H,30,35)/b25-11+. The molecule has 4 saturated carbocycles. The number of thiocarbonyl (C=S) groups is 1. The molecule has 2 aromatic rings. The normalized spacial score (nSPS) is 26.6. The lowest BCUT2D eigenvalue weighted by molar-refractivity contribution is -0.394. The van der Waals surface area contributed by atoms with E-state index in [-0.39, 0.29) is 34.1 Å². The number of rotatable bonds is 9. The molecular formula is C29H28N4O8S2. The van der Waals surface area contributed by atoms with Crippen LogP contribution in [0.5, 0.6) is 17.2 Å². The molecule has 1 N–H and O–H groups in total. The van der Waals surface area contributed by atoms with Crippen molar-refractivity contribution in [1.29, 1.82) is 0 Å². The van der Waals surface area contributed by atoms with Crippen molar-refractivity contribution in [1.82, 2.24) is 10.4 Å². The lowest BCUT2D eigenvalue weighted by Gasteiger charge is -2.55. The number of nitrogens with zero attached hydrogens (tertiary/aromatic N) is 3. The molecule has 2 amide bonds. The first kappa shape index (κ1) is 29.1. The number of carbonyl (C=O) groups is 2. The van der Waals surface area contributed by atoms with Gasteiger partial charge in [0.1, 0.15) is 0 Å². The van der Waals surface area contributed by atoms with Gasteiger partial charge in [0.25, 0.3) is 11.6 Å². The van der Waals surface area contributed by atoms with E-state index in [1.54, 1.807) is 25.1 Å². The quantitative estimate of drug-likeness (QED) is 0.149. The molecule has 0 aromatic heterocycles. The monoisotopic (exact) mass is 624 g/mol. The van der Waals surface area contributed by atoms with E-state index in [4.69, 9.17) is 21.7 Å². The summed E-state index contributed by atoms with van der Waals surface area (Å²) >= 11 is 6.55. The second kappa shape index (κ2) is 11.2. The molecule has 5 aliphatic rings. The van der Waals surface area contributed by atoms with Crippen LogP contribution in [0.15, 0.2) is 41.3 Å². The first-order chi connectivity index (χ1) is 20.5. The first-order valence-electron chi connectivity index (χ1n) is 14.0. The molecule has 4 bridgehead atoms. The van der Waals surface area contributed by atoms with Gasteiger partial charge in [0.15, 0.2) is 15.8 Å². The van der Waals surface area contributed by atoms with Crippen LogP contribution in [0.25, 0.3) is 6.08 Å². The number of nitro benzene ring substituents is 2. The van der Waals surface area contributed by atoms with Gasteiger partial charge in [-0.3, -0.25) is 35.2 Å². The SMILES string of the molecule is CCOc1cc(/C=C2/SC(=S)N(NC(=O)C34CC5CC(CC(C5)C3)C4)C2=O)ccc1Oc1ccc([N+](=O)[O-])cc1[N+](=O)[O-]. The van der Waals surface area contributed by atoms with Crippen LogP contribution in [-0.4, -0.2) is 37.6 Å². The highest BCUT2D eigenvalue weighted by molar-refractivity contribution is 8.26. The predicted molar refractivity (Wildman–Crippen MR) is 161 cm³/mol. The van der Waals surface area contributed by atoms with Crippen molar-refractivity contribution in [3.8, 4) is 17.2 Å². The molecule has 14 heteroatoms. The Kier molecular flexibility index (Phi) is 7.59. The summed E-state index contributed by atoms with van der Waals surface area (Å²) in [4.78, 5) is 48.3. The molecule has 224 valence electrons. The predicted octanol–water partition coefficient (Wildman–Crippen LogP) is 6.14. The summed E-state index contributed by atoms with van der Waals surface area (Å²) in [5.41, 5.74) is 1.98. The van der Waals surface area contributed by atoms with E-state index in [9.17, 15) is 29.8 Å². The van der Waals surface area contributed by atoms with Crippen LogP contribution < -0.4 is 14.9 Å². The Morgan fingerprint density at radius 1 is 1.05 bits per heavy atom. The van der Waals surface area contributed by atoms with Crippen LogP contribution in [0.2, 0.25) is 0 Å². The van der Waals surface area contributed by atoms with Crippen molar-refractivity contribution in [3.05, 3.63) is 67.1 Å². The first-order valence-corrected chi connectivity index (χ1v) is 15.2. The highest BCUT2D eigenvalue weighted by Gasteiger charge is 2.55. The third-order valence-corrected chi connectivity index (χ3v) is 9.96. The summed E-state index contributed by atoms with van der Waals surface area (Å²) in [7, 11) is 0. The largest absolute Gasteiger partial charge is 0.490 e. The molecule has 1 heterocycles. The summed E-state index contributed by atoms with van der Waals surface area (Å²) in [6.07, 6.45) is 7.84. The van der Waals surface area contributed by atoms with Crippen molar-refractivity contribution in [3.63, 3.8) is 0 Å². The zero-order chi connectivity index (χ0) is 30.5. The molecular weight excluding hydrogens is 596 g/mol. The molecule has 0 atom stereocenters. The number of non-ortho nitro benzene ring substituents is 1. The van der Waals surface area contributed by atoms with E-state index in [0.29, 0.717) is 28.2 Å². The van der Waals surface area contributed by atoms with E-state index in [1.165, 1.54) is 30.3 Å². The summed E-state index contributed by atoms with van der Waals surface area (Å²) in [6.45, 7) is 2.00. The van der Waals surface area contributed by atoms with E-state index >= 15 is 0 Å². The number of hydrogen-bond acceptors (Lipinski definition) is 10. The van der Waals surface area contributed by atoms with Crippen LogP contribution in [0.1, 0.15) is 51.0 Å². The fourth-order valence-electron chi connectivity index (χ4n) is 7.26. The number of carbonyl (C=O) groups excluding carboxylic acids is 2. The number of nitrogens with one attached hydrogen (secondary N) is 1. The second-order valence-electron chi connectivity index (χ2n) is 11.6. The van der Waals surface area contributed by atoms with Crippen molar-refractivity contribution < 1.29 is 28.9 Å². The van der Waals surface area contributed by atoms with Crippen molar-refractivity contribution in [2.24, 2.45) is 23.2 Å². The number of nitro groups is 2. The van der Waals surface area contributed by atoms with Crippen molar-refractivity contribution in [2.75, 3.05) is 6.61 Å². The Morgan fingerprint density at radius 3 is 2.30 bits per heavy atom. The maximum atomic E-state index is 13.5. The molecule has 1 aliphatic heterocycles. The average Bonchev–Trinajstić information content (AvgIpc) is 3.21. The lowest BCUT2D eigenvalue weighted by atomic mass is 9.49. The van der Waals surface area contributed by atoms with Gasteiger partial charge < -0.3 is 9.47 Å². The Morgan fingerprint density at radius 2 is 1.70 bits per heavy atom. The van der Waals surface area contributed by atoms with E-state index < -0.39 is 32.5 Å². The van der Waals surface area contributed by atoms with Gasteiger partial charge in [-0.15, -0.1) is 0 Å². The molecule has 7 rings (SSSR count). The maximum absolute atomic E-state index is 13.5. The van der Waals surface area contributed by atoms with Crippen molar-refractivity contribution in [2.45, 2.75) is 45.4 Å². The lowest BCUT2D eigenvalue weighted by Crippen LogP contribution is -2.57. The molecule has 0 spiro atoms. The second-order valence-corrected chi connectivity index (χ2v) is 13.2. The smallest absolute Gasteiger partial charge is 0.318 e. The zero-order valence-corrected chi connectivity index (χ0v) is 24.8. The average molecular weight is 625 g/mol. The molecule has 12 nitrogen and oxygen atoms in total. The molecule has 5 fully saturated rings. The number of ether oxygens (including phenoxy) is 2. The van der Waals surface area contributed by atoms with Crippen molar-refractivity contribution >= 4 is 57.6 Å². The number of benzene rings is 2. The minimum Gasteiger partial charge on any atom is -0.490 e. The third-order valence-electron chi connectivity index (χ3n) is 8.66. The Bertz CT molecular complexity index is 1560. The highest BCUT2D eigenvalue weighted by atomic mass is 32.2. The van der Waals surface area contributed by atoms with Gasteiger partial charge in [0, 0.05) is 6.07 Å². The number of hydrogen-bond donors (Lipinski definition) is 1. The van der Waals surface area contributed by atoms with Gasteiger partial charge in [-0.2, -0.15) is 5.01 Å². The number of amides is 2. The number of hydrazine groups is 1. The van der Waals surface area contributed by atoms with Gasteiger partial charge >= 0.3 is 5.69 Å². The van der Waals surface area contributed by atoms with Crippen LogP contribution in [-0.2, 0) is 9.59 Å². The Hall–Kier alpha value is -4.04. The van der Waals surface area contributed by atoms with Gasteiger partial charge in [0.2, 0.25) is 11.7 Å². The summed E-state index contributed by atoms with van der Waals surface area (Å²) in [6, 6.07) is 7.86. The minimum atomic E-state index is -0.763. The summed E-state index contributed by atoms with van der Waals surface area (Å²) in [5, 5.41) is 23.8. The van der Waals surface area contributed by atoms with Gasteiger partial charge in [-0.05, 0) is 105 Å².